The Balaban J connectivity index is 1.90. The van der Waals surface area contributed by atoms with Crippen LogP contribution >= 0.6 is 11.6 Å². The lowest BCUT2D eigenvalue weighted by molar-refractivity contribution is -0.0661. The molecule has 7 nitrogen and oxygen atoms in total. The smallest absolute Gasteiger partial charge is 0.255 e. The number of carbonyl (C=O) groups excluding carboxylic acids is 1. The van der Waals surface area contributed by atoms with E-state index < -0.39 is 5.60 Å². The van der Waals surface area contributed by atoms with Crippen LogP contribution in [0.4, 0.5) is 5.82 Å². The SMILES string of the molecule is CNc1cc(C(=O)N2CCCC(OC)(c3ncc(Cl)cc3C)C2)cnn1. The van der Waals surface area contributed by atoms with Crippen molar-refractivity contribution in [2.45, 2.75) is 25.4 Å². The molecule has 3 rings (SSSR count). The van der Waals surface area contributed by atoms with Crippen LogP contribution in [0.5, 0.6) is 0 Å². The van der Waals surface area contributed by atoms with Gasteiger partial charge in [0.25, 0.3) is 5.91 Å². The van der Waals surface area contributed by atoms with Crippen molar-refractivity contribution in [1.29, 1.82) is 0 Å². The molecule has 0 radical (unpaired) electrons. The molecule has 0 spiro atoms. The number of hydrogen-bond acceptors (Lipinski definition) is 6. The van der Waals surface area contributed by atoms with Gasteiger partial charge in [0.1, 0.15) is 11.4 Å². The minimum absolute atomic E-state index is 0.0934. The standard InChI is InChI=1S/C18H22ClN5O2/c1-12-7-14(19)10-21-16(12)18(26-3)5-4-6-24(11-18)17(25)13-8-15(20-2)23-22-9-13/h7-10H,4-6,11H2,1-3H3,(H,20,23). The van der Waals surface area contributed by atoms with Crippen LogP contribution in [0.2, 0.25) is 5.02 Å². The number of hydrogen-bond donors (Lipinski definition) is 1. The van der Waals surface area contributed by atoms with Gasteiger partial charge in [-0.3, -0.25) is 9.78 Å². The van der Waals surface area contributed by atoms with Crippen LogP contribution in [0.15, 0.2) is 24.5 Å². The lowest BCUT2D eigenvalue weighted by Crippen LogP contribution is -2.50. The van der Waals surface area contributed by atoms with Gasteiger partial charge in [0.15, 0.2) is 0 Å². The van der Waals surface area contributed by atoms with E-state index in [1.807, 2.05) is 13.0 Å². The highest BCUT2D eigenvalue weighted by Crippen LogP contribution is 2.36. The Morgan fingerprint density at radius 2 is 2.19 bits per heavy atom. The highest BCUT2D eigenvalue weighted by molar-refractivity contribution is 6.30. The molecule has 2 aromatic rings. The molecule has 1 fully saturated rings. The van der Waals surface area contributed by atoms with Crippen molar-refractivity contribution in [2.24, 2.45) is 0 Å². The van der Waals surface area contributed by atoms with Gasteiger partial charge in [-0.2, -0.15) is 5.10 Å². The highest BCUT2D eigenvalue weighted by atomic mass is 35.5. The first kappa shape index (κ1) is 18.5. The number of methoxy groups -OCH3 is 1. The van der Waals surface area contributed by atoms with E-state index in [2.05, 4.69) is 20.5 Å². The van der Waals surface area contributed by atoms with Gasteiger partial charge in [-0.25, -0.2) is 0 Å². The predicted octanol–water partition coefficient (Wildman–Crippen LogP) is 2.65. The van der Waals surface area contributed by atoms with Gasteiger partial charge >= 0.3 is 0 Å². The summed E-state index contributed by atoms with van der Waals surface area (Å²) in [5.74, 6) is 0.463. The third-order valence-electron chi connectivity index (χ3n) is 4.77. The molecule has 1 aliphatic rings. The second kappa shape index (κ2) is 7.55. The lowest BCUT2D eigenvalue weighted by atomic mass is 9.86. The minimum Gasteiger partial charge on any atom is -0.372 e. The van der Waals surface area contributed by atoms with Crippen LogP contribution < -0.4 is 5.32 Å². The molecule has 8 heteroatoms. The van der Waals surface area contributed by atoms with Crippen LogP contribution in [0.1, 0.15) is 34.5 Å². The quantitative estimate of drug-likeness (QED) is 0.884. The summed E-state index contributed by atoms with van der Waals surface area (Å²) < 4.78 is 5.91. The van der Waals surface area contributed by atoms with Crippen LogP contribution in [0.25, 0.3) is 0 Å². The minimum atomic E-state index is -0.644. The summed E-state index contributed by atoms with van der Waals surface area (Å²) in [7, 11) is 3.40. The third kappa shape index (κ3) is 3.50. The van der Waals surface area contributed by atoms with Crippen LogP contribution in [0.3, 0.4) is 0 Å². The number of nitrogens with zero attached hydrogens (tertiary/aromatic N) is 4. The molecule has 0 saturated carbocycles. The number of carbonyl (C=O) groups is 1. The van der Waals surface area contributed by atoms with Gasteiger partial charge in [-0.15, -0.1) is 5.10 Å². The highest BCUT2D eigenvalue weighted by Gasteiger charge is 2.41. The Bertz CT molecular complexity index is 816. The van der Waals surface area contributed by atoms with Crippen molar-refractivity contribution < 1.29 is 9.53 Å². The van der Waals surface area contributed by atoms with Crippen molar-refractivity contribution in [2.75, 3.05) is 32.6 Å². The Kier molecular flexibility index (Phi) is 5.38. The number of halogens is 1. The Hall–Kier alpha value is -2.25. The van der Waals surface area contributed by atoms with E-state index in [4.69, 9.17) is 16.3 Å². The van der Waals surface area contributed by atoms with E-state index in [-0.39, 0.29) is 5.91 Å². The van der Waals surface area contributed by atoms with Crippen LogP contribution in [-0.2, 0) is 10.3 Å². The number of aromatic nitrogens is 3. The topological polar surface area (TPSA) is 80.2 Å². The number of anilines is 1. The molecule has 1 N–H and O–H groups in total. The number of likely N-dealkylation sites (tertiary alicyclic amines) is 1. The van der Waals surface area contributed by atoms with Gasteiger partial charge in [-0.1, -0.05) is 11.6 Å². The van der Waals surface area contributed by atoms with E-state index in [9.17, 15) is 4.79 Å². The number of piperidine rings is 1. The molecular weight excluding hydrogens is 354 g/mol. The van der Waals surface area contributed by atoms with Gasteiger partial charge in [0.2, 0.25) is 0 Å². The van der Waals surface area contributed by atoms with Crippen molar-refractivity contribution in [3.05, 3.63) is 46.4 Å². The number of rotatable bonds is 4. The fraction of sp³-hybridized carbons (Fsp3) is 0.444. The predicted molar refractivity (Wildman–Crippen MR) is 99.4 cm³/mol. The second-order valence-electron chi connectivity index (χ2n) is 6.43. The maximum atomic E-state index is 13.0. The number of amides is 1. The number of aryl methyl sites for hydroxylation is 1. The van der Waals surface area contributed by atoms with E-state index >= 15 is 0 Å². The molecule has 0 aromatic carbocycles. The summed E-state index contributed by atoms with van der Waals surface area (Å²) in [6.45, 7) is 3.05. The van der Waals surface area contributed by atoms with Gasteiger partial charge in [-0.05, 0) is 37.5 Å². The lowest BCUT2D eigenvalue weighted by Gasteiger charge is -2.42. The van der Waals surface area contributed by atoms with Crippen molar-refractivity contribution >= 4 is 23.3 Å². The van der Waals surface area contributed by atoms with Crippen LogP contribution in [0, 0.1) is 6.92 Å². The maximum Gasteiger partial charge on any atom is 0.255 e. The second-order valence-corrected chi connectivity index (χ2v) is 6.86. The summed E-state index contributed by atoms with van der Waals surface area (Å²) in [5.41, 5.74) is 1.63. The number of nitrogens with one attached hydrogen (secondary N) is 1. The average molecular weight is 376 g/mol. The molecule has 2 aromatic heterocycles. The molecule has 1 amide bonds. The van der Waals surface area contributed by atoms with E-state index in [0.29, 0.717) is 29.5 Å². The first-order chi connectivity index (χ1) is 12.5. The van der Waals surface area contributed by atoms with Gasteiger partial charge in [0, 0.05) is 26.9 Å². The summed E-state index contributed by atoms with van der Waals surface area (Å²) in [4.78, 5) is 19.3. The summed E-state index contributed by atoms with van der Waals surface area (Å²) in [5, 5.41) is 11.3. The molecule has 1 saturated heterocycles. The van der Waals surface area contributed by atoms with E-state index in [0.717, 1.165) is 24.1 Å². The molecule has 3 heterocycles. The Labute approximate surface area is 157 Å². The maximum absolute atomic E-state index is 13.0. The molecule has 0 bridgehead atoms. The molecule has 138 valence electrons. The van der Waals surface area contributed by atoms with Gasteiger partial charge in [0.05, 0.1) is 29.0 Å². The average Bonchev–Trinajstić information content (AvgIpc) is 2.67. The van der Waals surface area contributed by atoms with Crippen molar-refractivity contribution in [1.82, 2.24) is 20.1 Å². The molecule has 1 atom stereocenters. The monoisotopic (exact) mass is 375 g/mol. The van der Waals surface area contributed by atoms with Crippen LogP contribution in [-0.4, -0.2) is 53.2 Å². The number of ether oxygens (including phenoxy) is 1. The molecular formula is C18H22ClN5O2. The zero-order valence-corrected chi connectivity index (χ0v) is 15.9. The zero-order chi connectivity index (χ0) is 18.7. The summed E-state index contributed by atoms with van der Waals surface area (Å²) in [6.07, 6.45) is 4.72. The molecule has 1 aliphatic heterocycles. The Morgan fingerprint density at radius 3 is 2.88 bits per heavy atom. The zero-order valence-electron chi connectivity index (χ0n) is 15.1. The van der Waals surface area contributed by atoms with E-state index in [1.165, 1.54) is 6.20 Å². The van der Waals surface area contributed by atoms with Crippen molar-refractivity contribution in [3.63, 3.8) is 0 Å². The third-order valence-corrected chi connectivity index (χ3v) is 4.97. The summed E-state index contributed by atoms with van der Waals surface area (Å²) in [6, 6.07) is 3.57. The largest absolute Gasteiger partial charge is 0.372 e. The first-order valence-corrected chi connectivity index (χ1v) is 8.84. The fourth-order valence-electron chi connectivity index (χ4n) is 3.46. The summed E-state index contributed by atoms with van der Waals surface area (Å²) >= 11 is 6.05. The molecule has 26 heavy (non-hydrogen) atoms. The van der Waals surface area contributed by atoms with E-state index in [1.54, 1.807) is 31.3 Å². The van der Waals surface area contributed by atoms with Crippen molar-refractivity contribution in [3.8, 4) is 0 Å². The molecule has 0 aliphatic carbocycles. The Morgan fingerprint density at radius 1 is 1.38 bits per heavy atom. The normalized spacial score (nSPS) is 20.1. The van der Waals surface area contributed by atoms with Gasteiger partial charge < -0.3 is 15.0 Å². The molecule has 1 unspecified atom stereocenters. The number of pyridine rings is 1. The fourth-order valence-corrected chi connectivity index (χ4v) is 3.67. The first-order valence-electron chi connectivity index (χ1n) is 8.46.